The van der Waals surface area contributed by atoms with Crippen molar-refractivity contribution in [3.63, 3.8) is 0 Å². The van der Waals surface area contributed by atoms with Crippen LogP contribution in [-0.4, -0.2) is 25.5 Å². The predicted molar refractivity (Wildman–Crippen MR) is 74.2 cm³/mol. The lowest BCUT2D eigenvalue weighted by atomic mass is 9.68. The Morgan fingerprint density at radius 2 is 1.76 bits per heavy atom. The largest absolute Gasteiger partial charge is 0.398 e. The number of nitrogen functional groups attached to an aromatic ring is 1. The van der Waals surface area contributed by atoms with Crippen LogP contribution in [0.2, 0.25) is 0 Å². The van der Waals surface area contributed by atoms with Crippen molar-refractivity contribution >= 4 is 5.69 Å². The van der Waals surface area contributed by atoms with E-state index < -0.39 is 0 Å². The van der Waals surface area contributed by atoms with Crippen LogP contribution in [0.5, 0.6) is 0 Å². The van der Waals surface area contributed by atoms with E-state index in [0.717, 1.165) is 12.2 Å². The van der Waals surface area contributed by atoms with Gasteiger partial charge in [-0.1, -0.05) is 37.5 Å². The maximum atomic E-state index is 6.19. The number of hydrogen-bond donors (Lipinski definition) is 1. The van der Waals surface area contributed by atoms with Crippen LogP contribution in [0.4, 0.5) is 5.69 Å². The highest BCUT2D eigenvalue weighted by Gasteiger charge is 2.35. The van der Waals surface area contributed by atoms with Gasteiger partial charge in [0.25, 0.3) is 0 Å². The zero-order chi connectivity index (χ0) is 12.3. The molecule has 1 aliphatic rings. The number of anilines is 1. The van der Waals surface area contributed by atoms with Gasteiger partial charge in [-0.25, -0.2) is 0 Å². The quantitative estimate of drug-likeness (QED) is 0.812. The first-order valence-corrected chi connectivity index (χ1v) is 6.64. The van der Waals surface area contributed by atoms with Crippen molar-refractivity contribution in [2.45, 2.75) is 37.5 Å². The average Bonchev–Trinajstić information content (AvgIpc) is 2.29. The fraction of sp³-hybridized carbons (Fsp3) is 0.600. The number of para-hydroxylation sites is 1. The van der Waals surface area contributed by atoms with E-state index in [0.29, 0.717) is 0 Å². The van der Waals surface area contributed by atoms with Crippen molar-refractivity contribution in [3.05, 3.63) is 29.8 Å². The van der Waals surface area contributed by atoms with Crippen molar-refractivity contribution < 1.29 is 0 Å². The number of rotatable bonds is 3. The fourth-order valence-electron chi connectivity index (χ4n) is 3.33. The third-order valence-electron chi connectivity index (χ3n) is 3.96. The van der Waals surface area contributed by atoms with Crippen molar-refractivity contribution in [1.29, 1.82) is 0 Å². The predicted octanol–water partition coefficient (Wildman–Crippen LogP) is 3.03. The molecule has 1 aromatic carbocycles. The third kappa shape index (κ3) is 2.63. The summed E-state index contributed by atoms with van der Waals surface area (Å²) >= 11 is 0. The van der Waals surface area contributed by atoms with Gasteiger partial charge in [-0.3, -0.25) is 0 Å². The SMILES string of the molecule is CN(C)CC1(c2ccccc2N)CCCCC1. The normalized spacial score (nSPS) is 19.5. The second kappa shape index (κ2) is 5.09. The zero-order valence-electron chi connectivity index (χ0n) is 11.1. The van der Waals surface area contributed by atoms with Crippen molar-refractivity contribution in [1.82, 2.24) is 4.90 Å². The van der Waals surface area contributed by atoms with Gasteiger partial charge in [-0.05, 0) is 38.6 Å². The van der Waals surface area contributed by atoms with Crippen LogP contribution in [-0.2, 0) is 5.41 Å². The average molecular weight is 232 g/mol. The summed E-state index contributed by atoms with van der Waals surface area (Å²) in [5.74, 6) is 0. The van der Waals surface area contributed by atoms with Gasteiger partial charge < -0.3 is 10.6 Å². The molecule has 1 fully saturated rings. The molecule has 0 saturated heterocycles. The lowest BCUT2D eigenvalue weighted by Gasteiger charge is -2.40. The highest BCUT2D eigenvalue weighted by atomic mass is 15.1. The summed E-state index contributed by atoms with van der Waals surface area (Å²) in [6.45, 7) is 1.11. The van der Waals surface area contributed by atoms with E-state index in [4.69, 9.17) is 5.73 Å². The first kappa shape index (κ1) is 12.4. The highest BCUT2D eigenvalue weighted by molar-refractivity contribution is 5.51. The van der Waals surface area contributed by atoms with Gasteiger partial charge in [0.05, 0.1) is 0 Å². The highest BCUT2D eigenvalue weighted by Crippen LogP contribution is 2.42. The van der Waals surface area contributed by atoms with Gasteiger partial charge in [-0.15, -0.1) is 0 Å². The van der Waals surface area contributed by atoms with Gasteiger partial charge in [0.2, 0.25) is 0 Å². The van der Waals surface area contributed by atoms with Gasteiger partial charge >= 0.3 is 0 Å². The summed E-state index contributed by atoms with van der Waals surface area (Å²) in [6, 6.07) is 8.42. The Morgan fingerprint density at radius 3 is 2.35 bits per heavy atom. The molecule has 2 rings (SSSR count). The molecule has 0 aromatic heterocycles. The minimum Gasteiger partial charge on any atom is -0.398 e. The Balaban J connectivity index is 2.35. The molecule has 0 radical (unpaired) electrons. The second-order valence-corrected chi connectivity index (χ2v) is 5.67. The van der Waals surface area contributed by atoms with Crippen molar-refractivity contribution in [3.8, 4) is 0 Å². The molecule has 0 aliphatic heterocycles. The Labute approximate surface area is 105 Å². The van der Waals surface area contributed by atoms with Crippen LogP contribution in [0, 0.1) is 0 Å². The van der Waals surface area contributed by atoms with E-state index in [1.165, 1.54) is 37.7 Å². The summed E-state index contributed by atoms with van der Waals surface area (Å²) in [6.07, 6.45) is 6.60. The molecule has 0 atom stereocenters. The fourth-order valence-corrected chi connectivity index (χ4v) is 3.33. The van der Waals surface area contributed by atoms with Crippen LogP contribution >= 0.6 is 0 Å². The Hall–Kier alpha value is -1.02. The minimum absolute atomic E-state index is 0.285. The number of hydrogen-bond acceptors (Lipinski definition) is 2. The van der Waals surface area contributed by atoms with Crippen LogP contribution in [0.1, 0.15) is 37.7 Å². The van der Waals surface area contributed by atoms with E-state index in [-0.39, 0.29) is 5.41 Å². The van der Waals surface area contributed by atoms with Gasteiger partial charge in [0.15, 0.2) is 0 Å². The lowest BCUT2D eigenvalue weighted by Crippen LogP contribution is -2.40. The molecule has 1 aliphatic carbocycles. The monoisotopic (exact) mass is 232 g/mol. The molecule has 0 spiro atoms. The lowest BCUT2D eigenvalue weighted by molar-refractivity contribution is 0.216. The molecule has 0 bridgehead atoms. The molecule has 2 nitrogen and oxygen atoms in total. The summed E-state index contributed by atoms with van der Waals surface area (Å²) < 4.78 is 0. The summed E-state index contributed by atoms with van der Waals surface area (Å²) in [7, 11) is 4.32. The molecular formula is C15H24N2. The van der Waals surface area contributed by atoms with Gasteiger partial charge in [0, 0.05) is 17.6 Å². The second-order valence-electron chi connectivity index (χ2n) is 5.67. The van der Waals surface area contributed by atoms with Gasteiger partial charge in [-0.2, -0.15) is 0 Å². The maximum Gasteiger partial charge on any atom is 0.0352 e. The molecule has 17 heavy (non-hydrogen) atoms. The molecule has 1 aromatic rings. The number of nitrogens with zero attached hydrogens (tertiary/aromatic N) is 1. The van der Waals surface area contributed by atoms with E-state index in [1.807, 2.05) is 12.1 Å². The summed E-state index contributed by atoms with van der Waals surface area (Å²) in [4.78, 5) is 2.30. The van der Waals surface area contributed by atoms with Crippen LogP contribution in [0.15, 0.2) is 24.3 Å². The van der Waals surface area contributed by atoms with Crippen molar-refractivity contribution in [2.75, 3.05) is 26.4 Å². The van der Waals surface area contributed by atoms with E-state index in [2.05, 4.69) is 31.1 Å². The van der Waals surface area contributed by atoms with Crippen molar-refractivity contribution in [2.24, 2.45) is 0 Å². The van der Waals surface area contributed by atoms with E-state index in [9.17, 15) is 0 Å². The first-order chi connectivity index (χ1) is 8.14. The molecule has 0 heterocycles. The molecule has 0 unspecified atom stereocenters. The molecular weight excluding hydrogens is 208 g/mol. The standard InChI is InChI=1S/C15H24N2/c1-17(2)12-15(10-6-3-7-11-15)13-8-4-5-9-14(13)16/h4-5,8-9H,3,6-7,10-12,16H2,1-2H3. The minimum atomic E-state index is 0.285. The van der Waals surface area contributed by atoms with Crippen LogP contribution in [0.3, 0.4) is 0 Å². The number of nitrogens with two attached hydrogens (primary N) is 1. The molecule has 2 N–H and O–H groups in total. The van der Waals surface area contributed by atoms with E-state index in [1.54, 1.807) is 0 Å². The smallest absolute Gasteiger partial charge is 0.0352 e. The Bertz CT molecular complexity index is 365. The van der Waals surface area contributed by atoms with Gasteiger partial charge in [0.1, 0.15) is 0 Å². The molecule has 0 amide bonds. The van der Waals surface area contributed by atoms with E-state index >= 15 is 0 Å². The topological polar surface area (TPSA) is 29.3 Å². The first-order valence-electron chi connectivity index (χ1n) is 6.64. The van der Waals surface area contributed by atoms with Crippen LogP contribution in [0.25, 0.3) is 0 Å². The summed E-state index contributed by atoms with van der Waals surface area (Å²) in [5, 5.41) is 0. The number of likely N-dealkylation sites (N-methyl/N-ethyl adjacent to an activating group) is 1. The summed E-state index contributed by atoms with van der Waals surface area (Å²) in [5.41, 5.74) is 8.82. The zero-order valence-corrected chi connectivity index (χ0v) is 11.1. The molecule has 2 heteroatoms. The Morgan fingerprint density at radius 1 is 1.12 bits per heavy atom. The third-order valence-corrected chi connectivity index (χ3v) is 3.96. The maximum absolute atomic E-state index is 6.19. The number of benzene rings is 1. The van der Waals surface area contributed by atoms with Crippen LogP contribution < -0.4 is 5.73 Å². The Kier molecular flexibility index (Phi) is 3.72. The molecule has 94 valence electrons. The molecule has 1 saturated carbocycles.